The number of hydrogen-bond acceptors (Lipinski definition) is 5. The summed E-state index contributed by atoms with van der Waals surface area (Å²) in [5.41, 5.74) is 3.78. The SMILES string of the molecule is CCCSC(c1cccc(C=Cc2ccc3ccc(Cl)cc3n2)c1)(c1ccccc1C(C)(C)O)C1(OC(C)=O)CC1. The molecule has 1 aromatic heterocycles. The number of rotatable bonds is 10. The van der Waals surface area contributed by atoms with Crippen LogP contribution >= 0.6 is 23.4 Å². The van der Waals surface area contributed by atoms with Crippen molar-refractivity contribution in [3.63, 3.8) is 0 Å². The molecule has 5 rings (SSSR count). The van der Waals surface area contributed by atoms with E-state index in [2.05, 4.69) is 43.3 Å². The van der Waals surface area contributed by atoms with Crippen LogP contribution < -0.4 is 0 Å². The molecule has 0 amide bonds. The Morgan fingerprint density at radius 3 is 2.44 bits per heavy atom. The van der Waals surface area contributed by atoms with Crippen LogP contribution in [0.1, 0.15) is 74.9 Å². The number of carbonyl (C=O) groups excluding carboxylic acids is 1. The predicted octanol–water partition coefficient (Wildman–Crippen LogP) is 8.77. The first-order valence-corrected chi connectivity index (χ1v) is 15.5. The second-order valence-electron chi connectivity index (χ2n) is 11.3. The molecule has 1 saturated carbocycles. The summed E-state index contributed by atoms with van der Waals surface area (Å²) in [6.07, 6.45) is 6.54. The van der Waals surface area contributed by atoms with Gasteiger partial charge in [-0.3, -0.25) is 4.79 Å². The highest BCUT2D eigenvalue weighted by Gasteiger charge is 2.65. The lowest BCUT2D eigenvalue weighted by Gasteiger charge is -2.43. The molecule has 1 aliphatic rings. The second-order valence-corrected chi connectivity index (χ2v) is 13.0. The number of fused-ring (bicyclic) bond motifs is 1. The van der Waals surface area contributed by atoms with E-state index in [-0.39, 0.29) is 5.97 Å². The lowest BCUT2D eigenvalue weighted by molar-refractivity contribution is -0.150. The third-order valence-electron chi connectivity index (χ3n) is 7.59. The number of hydrogen-bond donors (Lipinski definition) is 1. The highest BCUT2D eigenvalue weighted by Crippen LogP contribution is 2.64. The summed E-state index contributed by atoms with van der Waals surface area (Å²) >= 11 is 8.00. The lowest BCUT2D eigenvalue weighted by atomic mass is 9.77. The number of halogens is 1. The molecule has 1 atom stereocenters. The third-order valence-corrected chi connectivity index (χ3v) is 9.70. The van der Waals surface area contributed by atoms with Crippen LogP contribution in [0.3, 0.4) is 0 Å². The first kappa shape index (κ1) is 29.4. The zero-order chi connectivity index (χ0) is 29.3. The van der Waals surface area contributed by atoms with Gasteiger partial charge in [-0.25, -0.2) is 4.98 Å². The third kappa shape index (κ3) is 5.94. The molecule has 0 saturated heterocycles. The highest BCUT2D eigenvalue weighted by molar-refractivity contribution is 8.00. The average Bonchev–Trinajstić information content (AvgIpc) is 3.72. The number of carbonyl (C=O) groups is 1. The maximum absolute atomic E-state index is 12.5. The summed E-state index contributed by atoms with van der Waals surface area (Å²) in [5, 5.41) is 13.0. The molecule has 4 aromatic rings. The van der Waals surface area contributed by atoms with Crippen LogP contribution in [0.4, 0.5) is 0 Å². The van der Waals surface area contributed by atoms with E-state index < -0.39 is 15.9 Å². The van der Waals surface area contributed by atoms with Crippen molar-refractivity contribution in [2.45, 2.75) is 62.9 Å². The molecular weight excluding hydrogens is 550 g/mol. The molecule has 1 unspecified atom stereocenters. The normalized spacial score (nSPS) is 16.0. The maximum Gasteiger partial charge on any atom is 0.303 e. The molecule has 0 radical (unpaired) electrons. The number of benzene rings is 3. The van der Waals surface area contributed by atoms with Gasteiger partial charge in [0, 0.05) is 17.3 Å². The van der Waals surface area contributed by atoms with E-state index in [1.807, 2.05) is 68.5 Å². The second kappa shape index (κ2) is 11.6. The van der Waals surface area contributed by atoms with Crippen molar-refractivity contribution in [3.05, 3.63) is 112 Å². The molecule has 1 N–H and O–H groups in total. The highest BCUT2D eigenvalue weighted by atomic mass is 35.5. The molecule has 0 spiro atoms. The van der Waals surface area contributed by atoms with E-state index in [4.69, 9.17) is 21.3 Å². The van der Waals surface area contributed by atoms with Crippen LogP contribution in [0.25, 0.3) is 23.1 Å². The van der Waals surface area contributed by atoms with Crippen molar-refractivity contribution >= 4 is 52.4 Å². The monoisotopic (exact) mass is 585 g/mol. The molecule has 1 aliphatic carbocycles. The minimum Gasteiger partial charge on any atom is -0.457 e. The molecule has 6 heteroatoms. The van der Waals surface area contributed by atoms with Crippen LogP contribution in [0, 0.1) is 0 Å². The van der Waals surface area contributed by atoms with Crippen LogP contribution in [0.5, 0.6) is 0 Å². The van der Waals surface area contributed by atoms with Crippen molar-refractivity contribution in [2.75, 3.05) is 5.75 Å². The number of nitrogens with zero attached hydrogens (tertiary/aromatic N) is 1. The van der Waals surface area contributed by atoms with Crippen LogP contribution in [0.15, 0.2) is 78.9 Å². The Morgan fingerprint density at radius 1 is 1.02 bits per heavy atom. The minimum atomic E-state index is -1.08. The van der Waals surface area contributed by atoms with Gasteiger partial charge >= 0.3 is 5.97 Å². The van der Waals surface area contributed by atoms with Crippen molar-refractivity contribution < 1.29 is 14.6 Å². The summed E-state index contributed by atoms with van der Waals surface area (Å²) in [4.78, 5) is 17.3. The number of ether oxygens (including phenoxy) is 1. The summed E-state index contributed by atoms with van der Waals surface area (Å²) in [5.74, 6) is 0.579. The molecule has 3 aromatic carbocycles. The molecule has 4 nitrogen and oxygen atoms in total. The number of aliphatic hydroxyl groups is 1. The van der Waals surface area contributed by atoms with Gasteiger partial charge in [-0.1, -0.05) is 79.2 Å². The van der Waals surface area contributed by atoms with E-state index >= 15 is 0 Å². The van der Waals surface area contributed by atoms with Crippen molar-refractivity contribution in [1.29, 1.82) is 0 Å². The molecule has 1 heterocycles. The Morgan fingerprint density at radius 2 is 1.76 bits per heavy atom. The van der Waals surface area contributed by atoms with Crippen LogP contribution in [-0.2, 0) is 19.9 Å². The topological polar surface area (TPSA) is 59.4 Å². The summed E-state index contributed by atoms with van der Waals surface area (Å²) < 4.78 is 5.53. The Bertz CT molecular complexity index is 1600. The summed E-state index contributed by atoms with van der Waals surface area (Å²) in [6.45, 7) is 7.28. The number of pyridine rings is 1. The van der Waals surface area contributed by atoms with Crippen molar-refractivity contribution in [2.24, 2.45) is 0 Å². The first-order chi connectivity index (χ1) is 19.6. The van der Waals surface area contributed by atoms with E-state index in [1.165, 1.54) is 6.92 Å². The van der Waals surface area contributed by atoms with Gasteiger partial charge in [-0.15, -0.1) is 11.8 Å². The summed E-state index contributed by atoms with van der Waals surface area (Å²) in [6, 6.07) is 26.2. The van der Waals surface area contributed by atoms with Gasteiger partial charge in [0.25, 0.3) is 0 Å². The van der Waals surface area contributed by atoms with E-state index in [1.54, 1.807) is 11.8 Å². The van der Waals surface area contributed by atoms with E-state index in [0.717, 1.165) is 63.9 Å². The minimum absolute atomic E-state index is 0.289. The van der Waals surface area contributed by atoms with Gasteiger partial charge in [0.1, 0.15) is 10.3 Å². The Labute approximate surface area is 251 Å². The van der Waals surface area contributed by atoms with E-state index in [9.17, 15) is 9.90 Å². The lowest BCUT2D eigenvalue weighted by Crippen LogP contribution is -2.45. The Hall–Kier alpha value is -3.12. The predicted molar refractivity (Wildman–Crippen MR) is 171 cm³/mol. The van der Waals surface area contributed by atoms with Gasteiger partial charge in [0.05, 0.1) is 16.8 Å². The Kier molecular flexibility index (Phi) is 8.34. The fourth-order valence-electron chi connectivity index (χ4n) is 5.69. The maximum atomic E-state index is 12.5. The van der Waals surface area contributed by atoms with Crippen molar-refractivity contribution in [1.82, 2.24) is 4.98 Å². The number of aromatic nitrogens is 1. The van der Waals surface area contributed by atoms with Gasteiger partial charge in [-0.05, 0) is 91.5 Å². The zero-order valence-electron chi connectivity index (χ0n) is 24.0. The average molecular weight is 586 g/mol. The molecular formula is C35H36ClNO3S. The smallest absolute Gasteiger partial charge is 0.303 e. The van der Waals surface area contributed by atoms with Crippen LogP contribution in [-0.4, -0.2) is 27.4 Å². The molecule has 212 valence electrons. The van der Waals surface area contributed by atoms with E-state index in [0.29, 0.717) is 5.02 Å². The molecule has 0 bridgehead atoms. The zero-order valence-corrected chi connectivity index (χ0v) is 25.6. The summed E-state index contributed by atoms with van der Waals surface area (Å²) in [7, 11) is 0. The fraction of sp³-hybridized carbons (Fsp3) is 0.314. The molecule has 41 heavy (non-hydrogen) atoms. The molecule has 1 fully saturated rings. The number of esters is 1. The quantitative estimate of drug-likeness (QED) is 0.188. The fourth-order valence-corrected chi connectivity index (χ4v) is 7.50. The number of thioether (sulfide) groups is 1. The molecule has 0 aliphatic heterocycles. The Balaban J connectivity index is 1.65. The van der Waals surface area contributed by atoms with Gasteiger partial charge in [0.15, 0.2) is 0 Å². The first-order valence-electron chi connectivity index (χ1n) is 14.1. The van der Waals surface area contributed by atoms with Crippen LogP contribution in [0.2, 0.25) is 5.02 Å². The van der Waals surface area contributed by atoms with Gasteiger partial charge in [0.2, 0.25) is 0 Å². The standard InChI is InChI=1S/C35H36ClNO3S/c1-5-21-41-35(34(19-20-34)40-24(2)38,31-12-7-6-11-30(31)33(3,4)39)27-10-8-9-25(22-27)13-17-29-18-15-26-14-16-28(36)23-32(26)37-29/h6-18,22-23,39H,5,19-21H2,1-4H3. The van der Waals surface area contributed by atoms with Gasteiger partial charge in [-0.2, -0.15) is 0 Å². The largest absolute Gasteiger partial charge is 0.457 e. The van der Waals surface area contributed by atoms with Gasteiger partial charge < -0.3 is 9.84 Å². The van der Waals surface area contributed by atoms with Crippen molar-refractivity contribution in [3.8, 4) is 0 Å².